The van der Waals surface area contributed by atoms with Crippen LogP contribution in [0.1, 0.15) is 44.9 Å². The number of morpholine rings is 1. The number of ether oxygens (including phenoxy) is 1. The second kappa shape index (κ2) is 8.95. The van der Waals surface area contributed by atoms with Crippen LogP contribution in [0.2, 0.25) is 0 Å². The van der Waals surface area contributed by atoms with Gasteiger partial charge in [0.1, 0.15) is 0 Å². The van der Waals surface area contributed by atoms with Gasteiger partial charge in [0.05, 0.1) is 36.4 Å². The van der Waals surface area contributed by atoms with Gasteiger partial charge in [0.25, 0.3) is 0 Å². The van der Waals surface area contributed by atoms with Crippen LogP contribution < -0.4 is 15.5 Å². The Morgan fingerprint density at radius 3 is 2.36 bits per heavy atom. The van der Waals surface area contributed by atoms with Crippen molar-refractivity contribution in [1.29, 1.82) is 0 Å². The number of nitrogens with zero attached hydrogens (tertiary/aromatic N) is 1. The highest BCUT2D eigenvalue weighted by molar-refractivity contribution is 6.01. The Balaban J connectivity index is 1.32. The van der Waals surface area contributed by atoms with Crippen LogP contribution in [0.15, 0.2) is 24.3 Å². The van der Waals surface area contributed by atoms with Crippen LogP contribution >= 0.6 is 0 Å². The molecule has 3 aliphatic rings. The fourth-order valence-corrected chi connectivity index (χ4v) is 4.39. The van der Waals surface area contributed by atoms with Crippen LogP contribution in [-0.4, -0.2) is 44.2 Å². The Bertz CT molecular complexity index is 694. The lowest BCUT2D eigenvalue weighted by Gasteiger charge is -2.30. The van der Waals surface area contributed by atoms with Crippen molar-refractivity contribution in [3.8, 4) is 0 Å². The molecule has 1 saturated heterocycles. The summed E-state index contributed by atoms with van der Waals surface area (Å²) >= 11 is 0. The zero-order valence-corrected chi connectivity index (χ0v) is 16.5. The van der Waals surface area contributed by atoms with Crippen molar-refractivity contribution in [3.05, 3.63) is 24.3 Å². The van der Waals surface area contributed by atoms with Crippen molar-refractivity contribution in [2.45, 2.75) is 51.0 Å². The number of carbonyl (C=O) groups excluding carboxylic acids is 2. The third-order valence-electron chi connectivity index (χ3n) is 6.18. The van der Waals surface area contributed by atoms with Crippen LogP contribution in [0, 0.1) is 11.8 Å². The average molecular weight is 386 g/mol. The van der Waals surface area contributed by atoms with Crippen molar-refractivity contribution < 1.29 is 14.3 Å². The molecule has 0 spiro atoms. The van der Waals surface area contributed by atoms with E-state index >= 15 is 0 Å². The lowest BCUT2D eigenvalue weighted by molar-refractivity contribution is -0.125. The van der Waals surface area contributed by atoms with Gasteiger partial charge in [0.2, 0.25) is 11.8 Å². The summed E-state index contributed by atoms with van der Waals surface area (Å²) in [5.41, 5.74) is 1.85. The maximum absolute atomic E-state index is 12.7. The van der Waals surface area contributed by atoms with Gasteiger partial charge in [0, 0.05) is 19.1 Å². The largest absolute Gasteiger partial charge is 0.378 e. The molecular formula is C22H31N3O3. The first-order valence-corrected chi connectivity index (χ1v) is 10.8. The molecule has 2 N–H and O–H groups in total. The molecular weight excluding hydrogens is 354 g/mol. The van der Waals surface area contributed by atoms with E-state index in [0.29, 0.717) is 25.7 Å². The van der Waals surface area contributed by atoms with E-state index in [9.17, 15) is 9.59 Å². The van der Waals surface area contributed by atoms with E-state index < -0.39 is 0 Å². The van der Waals surface area contributed by atoms with Gasteiger partial charge < -0.3 is 20.3 Å². The molecule has 1 heterocycles. The van der Waals surface area contributed by atoms with Gasteiger partial charge in [-0.2, -0.15) is 0 Å². The zero-order valence-electron chi connectivity index (χ0n) is 16.5. The minimum atomic E-state index is -0.205. The SMILES string of the molecule is O=C(Nc1ccccc1N1CCOCC1)C1CC1C(=O)NC1CCCCCC1. The normalized spacial score (nSPS) is 25.6. The van der Waals surface area contributed by atoms with Gasteiger partial charge in [-0.1, -0.05) is 37.8 Å². The Morgan fingerprint density at radius 1 is 0.929 bits per heavy atom. The van der Waals surface area contributed by atoms with Crippen molar-refractivity contribution in [2.75, 3.05) is 36.5 Å². The minimum Gasteiger partial charge on any atom is -0.378 e. The summed E-state index contributed by atoms with van der Waals surface area (Å²) in [6.45, 7) is 3.05. The van der Waals surface area contributed by atoms with Gasteiger partial charge in [0.15, 0.2) is 0 Å². The zero-order chi connectivity index (χ0) is 19.3. The summed E-state index contributed by atoms with van der Waals surface area (Å²) in [6.07, 6.45) is 7.72. The topological polar surface area (TPSA) is 70.7 Å². The Morgan fingerprint density at radius 2 is 1.61 bits per heavy atom. The molecule has 1 aromatic carbocycles. The predicted octanol–water partition coefficient (Wildman–Crippen LogP) is 2.94. The first-order valence-electron chi connectivity index (χ1n) is 10.8. The second-order valence-electron chi connectivity index (χ2n) is 8.25. The van der Waals surface area contributed by atoms with Crippen molar-refractivity contribution in [1.82, 2.24) is 5.32 Å². The third kappa shape index (κ3) is 4.66. The van der Waals surface area contributed by atoms with Crippen LogP contribution in [0.25, 0.3) is 0 Å². The molecule has 2 unspecified atom stereocenters. The molecule has 1 aromatic rings. The van der Waals surface area contributed by atoms with Gasteiger partial charge in [-0.15, -0.1) is 0 Å². The number of carbonyl (C=O) groups is 2. The van der Waals surface area contributed by atoms with Crippen molar-refractivity contribution >= 4 is 23.2 Å². The molecule has 6 nitrogen and oxygen atoms in total. The number of benzene rings is 1. The summed E-state index contributed by atoms with van der Waals surface area (Å²) in [6, 6.07) is 8.18. The van der Waals surface area contributed by atoms with Crippen LogP contribution in [0.5, 0.6) is 0 Å². The molecule has 3 fully saturated rings. The monoisotopic (exact) mass is 385 g/mol. The van der Waals surface area contributed by atoms with Gasteiger partial charge in [-0.05, 0) is 31.4 Å². The molecule has 2 amide bonds. The average Bonchev–Trinajstić information content (AvgIpc) is 3.54. The fourth-order valence-electron chi connectivity index (χ4n) is 4.39. The summed E-state index contributed by atoms with van der Waals surface area (Å²) in [7, 11) is 0. The van der Waals surface area contributed by atoms with Crippen molar-refractivity contribution in [3.63, 3.8) is 0 Å². The number of nitrogens with one attached hydrogen (secondary N) is 2. The number of hydrogen-bond donors (Lipinski definition) is 2. The third-order valence-corrected chi connectivity index (χ3v) is 6.18. The standard InChI is InChI=1S/C22H31N3O3/c26-21(23-16-7-3-1-2-4-8-16)17-15-18(17)22(27)24-19-9-5-6-10-20(19)25-11-13-28-14-12-25/h5-6,9-10,16-18H,1-4,7-8,11-15H2,(H,23,26)(H,24,27). The van der Waals surface area contributed by atoms with E-state index in [2.05, 4.69) is 15.5 Å². The molecule has 2 atom stereocenters. The van der Waals surface area contributed by atoms with E-state index in [0.717, 1.165) is 37.3 Å². The highest BCUT2D eigenvalue weighted by atomic mass is 16.5. The Labute approximate surface area is 167 Å². The summed E-state index contributed by atoms with van der Waals surface area (Å²) in [5.74, 6) is -0.349. The number of anilines is 2. The Kier molecular flexibility index (Phi) is 6.15. The molecule has 152 valence electrons. The van der Waals surface area contributed by atoms with E-state index in [4.69, 9.17) is 4.74 Å². The number of amides is 2. The van der Waals surface area contributed by atoms with Crippen LogP contribution in [0.3, 0.4) is 0 Å². The lowest BCUT2D eigenvalue weighted by atomic mass is 10.1. The maximum atomic E-state index is 12.7. The molecule has 0 bridgehead atoms. The smallest absolute Gasteiger partial charge is 0.228 e. The molecule has 28 heavy (non-hydrogen) atoms. The van der Waals surface area contributed by atoms with Crippen LogP contribution in [-0.2, 0) is 14.3 Å². The first kappa shape index (κ1) is 19.2. The van der Waals surface area contributed by atoms with Gasteiger partial charge >= 0.3 is 0 Å². The summed E-state index contributed by atoms with van der Waals surface area (Å²) in [4.78, 5) is 27.5. The van der Waals surface area contributed by atoms with Crippen LogP contribution in [0.4, 0.5) is 11.4 Å². The highest BCUT2D eigenvalue weighted by Crippen LogP contribution is 2.40. The van der Waals surface area contributed by atoms with E-state index in [1.807, 2.05) is 24.3 Å². The molecule has 2 aliphatic carbocycles. The minimum absolute atomic E-state index is 0.0401. The van der Waals surface area contributed by atoms with Gasteiger partial charge in [-0.3, -0.25) is 9.59 Å². The molecule has 2 saturated carbocycles. The molecule has 0 aromatic heterocycles. The van der Waals surface area contributed by atoms with Gasteiger partial charge in [-0.25, -0.2) is 0 Å². The van der Waals surface area contributed by atoms with E-state index in [1.54, 1.807) is 0 Å². The highest BCUT2D eigenvalue weighted by Gasteiger charge is 2.48. The quantitative estimate of drug-likeness (QED) is 0.765. The lowest BCUT2D eigenvalue weighted by Crippen LogP contribution is -2.37. The number of hydrogen-bond acceptors (Lipinski definition) is 4. The second-order valence-corrected chi connectivity index (χ2v) is 8.25. The molecule has 1 aliphatic heterocycles. The first-order chi connectivity index (χ1) is 13.7. The molecule has 4 rings (SSSR count). The predicted molar refractivity (Wildman–Crippen MR) is 109 cm³/mol. The van der Waals surface area contributed by atoms with E-state index in [-0.39, 0.29) is 23.7 Å². The molecule has 0 radical (unpaired) electrons. The molecule has 6 heteroatoms. The Hall–Kier alpha value is -2.08. The maximum Gasteiger partial charge on any atom is 0.228 e. The summed E-state index contributed by atoms with van der Waals surface area (Å²) < 4.78 is 5.43. The number of para-hydroxylation sites is 2. The van der Waals surface area contributed by atoms with E-state index in [1.165, 1.54) is 25.7 Å². The summed E-state index contributed by atoms with van der Waals surface area (Å²) in [5, 5.41) is 6.26. The fraction of sp³-hybridized carbons (Fsp3) is 0.636. The van der Waals surface area contributed by atoms with Crippen molar-refractivity contribution in [2.24, 2.45) is 11.8 Å². The number of rotatable bonds is 5.